The van der Waals surface area contributed by atoms with Crippen LogP contribution in [0.3, 0.4) is 0 Å². The Labute approximate surface area is 150 Å². The molecule has 0 radical (unpaired) electrons. The molecule has 1 aliphatic carbocycles. The van der Waals surface area contributed by atoms with Crippen LogP contribution in [-0.4, -0.2) is 19.0 Å². The maximum absolute atomic E-state index is 13.0. The van der Waals surface area contributed by atoms with Crippen molar-refractivity contribution in [2.24, 2.45) is 0 Å². The van der Waals surface area contributed by atoms with Gasteiger partial charge in [0, 0.05) is 24.5 Å². The van der Waals surface area contributed by atoms with E-state index in [1.807, 2.05) is 12.1 Å². The van der Waals surface area contributed by atoms with Crippen LogP contribution in [0.25, 0.3) is 0 Å². The normalized spacial score (nSPS) is 18.2. The predicted molar refractivity (Wildman–Crippen MR) is 103 cm³/mol. The van der Waals surface area contributed by atoms with Gasteiger partial charge >= 0.3 is 0 Å². The Kier molecular flexibility index (Phi) is 4.03. The Bertz CT molecular complexity index is 781. The molecule has 130 valence electrons. The molecule has 4 rings (SSSR count). The number of hydrogen-bond acceptors (Lipinski definition) is 2. The van der Waals surface area contributed by atoms with Crippen molar-refractivity contribution >= 4 is 17.3 Å². The van der Waals surface area contributed by atoms with E-state index in [0.29, 0.717) is 0 Å². The second-order valence-corrected chi connectivity index (χ2v) is 7.66. The highest BCUT2D eigenvalue weighted by Gasteiger charge is 2.51. The fourth-order valence-electron chi connectivity index (χ4n) is 4.03. The SMILES string of the molecule is Cc1cc(C)cc(C2(C(=O)Nc3cccc(N4CCCC4)c3)CC2)c1. The molecule has 0 aromatic heterocycles. The Morgan fingerprint density at radius 1 is 1.00 bits per heavy atom. The Hall–Kier alpha value is -2.29. The predicted octanol–water partition coefficient (Wildman–Crippen LogP) is 4.57. The number of carbonyl (C=O) groups excluding carboxylic acids is 1. The summed E-state index contributed by atoms with van der Waals surface area (Å²) in [5, 5.41) is 3.18. The zero-order valence-electron chi connectivity index (χ0n) is 15.1. The van der Waals surface area contributed by atoms with Crippen LogP contribution in [0.5, 0.6) is 0 Å². The van der Waals surface area contributed by atoms with Crippen molar-refractivity contribution in [1.29, 1.82) is 0 Å². The average Bonchev–Trinajstić information content (AvgIpc) is 3.22. The zero-order valence-corrected chi connectivity index (χ0v) is 15.1. The van der Waals surface area contributed by atoms with Gasteiger partial charge < -0.3 is 10.2 Å². The van der Waals surface area contributed by atoms with E-state index in [1.54, 1.807) is 0 Å². The molecule has 2 fully saturated rings. The number of nitrogens with one attached hydrogen (secondary N) is 1. The molecule has 2 aromatic carbocycles. The summed E-state index contributed by atoms with van der Waals surface area (Å²) >= 11 is 0. The third-order valence-electron chi connectivity index (χ3n) is 5.53. The summed E-state index contributed by atoms with van der Waals surface area (Å²) in [4.78, 5) is 15.4. The van der Waals surface area contributed by atoms with Crippen molar-refractivity contribution in [1.82, 2.24) is 0 Å². The summed E-state index contributed by atoms with van der Waals surface area (Å²) in [6, 6.07) is 14.8. The van der Waals surface area contributed by atoms with Gasteiger partial charge in [-0.3, -0.25) is 4.79 Å². The van der Waals surface area contributed by atoms with Crippen LogP contribution in [0, 0.1) is 13.8 Å². The lowest BCUT2D eigenvalue weighted by molar-refractivity contribution is -0.118. The minimum atomic E-state index is -0.333. The quantitative estimate of drug-likeness (QED) is 0.888. The van der Waals surface area contributed by atoms with Gasteiger partial charge in [-0.25, -0.2) is 0 Å². The highest BCUT2D eigenvalue weighted by molar-refractivity contribution is 6.01. The van der Waals surface area contributed by atoms with E-state index >= 15 is 0 Å². The van der Waals surface area contributed by atoms with Crippen LogP contribution in [0.1, 0.15) is 42.4 Å². The number of rotatable bonds is 4. The van der Waals surface area contributed by atoms with Crippen molar-refractivity contribution in [3.8, 4) is 0 Å². The Morgan fingerprint density at radius 3 is 2.32 bits per heavy atom. The first-order valence-corrected chi connectivity index (χ1v) is 9.32. The third kappa shape index (κ3) is 3.15. The first kappa shape index (κ1) is 16.2. The second-order valence-electron chi connectivity index (χ2n) is 7.66. The molecule has 1 heterocycles. The van der Waals surface area contributed by atoms with E-state index < -0.39 is 0 Å². The van der Waals surface area contributed by atoms with Crippen LogP contribution in [0.15, 0.2) is 42.5 Å². The van der Waals surface area contributed by atoms with E-state index in [-0.39, 0.29) is 11.3 Å². The second kappa shape index (κ2) is 6.21. The van der Waals surface area contributed by atoms with Crippen LogP contribution in [0.4, 0.5) is 11.4 Å². The molecule has 3 nitrogen and oxygen atoms in total. The average molecular weight is 334 g/mol. The first-order chi connectivity index (χ1) is 12.1. The highest BCUT2D eigenvalue weighted by atomic mass is 16.2. The van der Waals surface area contributed by atoms with Gasteiger partial charge in [-0.2, -0.15) is 0 Å². The molecule has 1 saturated heterocycles. The lowest BCUT2D eigenvalue weighted by atomic mass is 9.92. The summed E-state index contributed by atoms with van der Waals surface area (Å²) in [5.74, 6) is 0.135. The monoisotopic (exact) mass is 334 g/mol. The van der Waals surface area contributed by atoms with Crippen molar-refractivity contribution in [2.45, 2.75) is 44.9 Å². The number of amides is 1. The molecule has 0 unspecified atom stereocenters. The summed E-state index contributed by atoms with van der Waals surface area (Å²) in [5.41, 5.74) is 5.41. The molecule has 3 heteroatoms. The number of carbonyl (C=O) groups is 1. The molecule has 25 heavy (non-hydrogen) atoms. The number of benzene rings is 2. The molecular weight excluding hydrogens is 308 g/mol. The largest absolute Gasteiger partial charge is 0.371 e. The third-order valence-corrected chi connectivity index (χ3v) is 5.53. The van der Waals surface area contributed by atoms with Gasteiger partial charge in [-0.1, -0.05) is 35.4 Å². The lowest BCUT2D eigenvalue weighted by Gasteiger charge is -2.20. The van der Waals surface area contributed by atoms with Crippen molar-refractivity contribution in [2.75, 3.05) is 23.3 Å². The molecule has 2 aromatic rings. The van der Waals surface area contributed by atoms with Crippen LogP contribution in [-0.2, 0) is 10.2 Å². The van der Waals surface area contributed by atoms with E-state index in [4.69, 9.17) is 0 Å². The molecule has 0 bridgehead atoms. The molecule has 0 spiro atoms. The number of nitrogens with zero attached hydrogens (tertiary/aromatic N) is 1. The molecule has 1 N–H and O–H groups in total. The van der Waals surface area contributed by atoms with Gasteiger partial charge in [0.2, 0.25) is 5.91 Å². The minimum Gasteiger partial charge on any atom is -0.371 e. The summed E-state index contributed by atoms with van der Waals surface area (Å²) in [6.45, 7) is 6.43. The van der Waals surface area contributed by atoms with E-state index in [1.165, 1.54) is 29.7 Å². The molecule has 1 amide bonds. The topological polar surface area (TPSA) is 32.3 Å². The van der Waals surface area contributed by atoms with E-state index in [2.05, 4.69) is 54.4 Å². The van der Waals surface area contributed by atoms with Gasteiger partial charge in [0.05, 0.1) is 5.41 Å². The zero-order chi connectivity index (χ0) is 17.4. The van der Waals surface area contributed by atoms with Crippen LogP contribution >= 0.6 is 0 Å². The summed E-state index contributed by atoms with van der Waals surface area (Å²) in [6.07, 6.45) is 4.39. The fraction of sp³-hybridized carbons (Fsp3) is 0.409. The highest BCUT2D eigenvalue weighted by Crippen LogP contribution is 2.49. The first-order valence-electron chi connectivity index (χ1n) is 9.32. The maximum Gasteiger partial charge on any atom is 0.235 e. The van der Waals surface area contributed by atoms with Gasteiger partial charge in [-0.15, -0.1) is 0 Å². The molecule has 0 atom stereocenters. The Morgan fingerprint density at radius 2 is 1.68 bits per heavy atom. The number of anilines is 2. The molecule has 1 aliphatic heterocycles. The summed E-state index contributed by atoms with van der Waals surface area (Å²) < 4.78 is 0. The van der Waals surface area contributed by atoms with Crippen molar-refractivity contribution in [3.05, 3.63) is 59.2 Å². The fourth-order valence-corrected chi connectivity index (χ4v) is 4.03. The van der Waals surface area contributed by atoms with E-state index in [0.717, 1.165) is 37.2 Å². The van der Waals surface area contributed by atoms with E-state index in [9.17, 15) is 4.79 Å². The van der Waals surface area contributed by atoms with Gasteiger partial charge in [-0.05, 0) is 63.3 Å². The molecule has 2 aliphatic rings. The molecule has 1 saturated carbocycles. The van der Waals surface area contributed by atoms with Crippen LogP contribution < -0.4 is 10.2 Å². The van der Waals surface area contributed by atoms with Gasteiger partial charge in [0.1, 0.15) is 0 Å². The standard InChI is InChI=1S/C22H26N2O/c1-16-12-17(2)14-18(13-16)22(8-9-22)21(25)23-19-6-5-7-20(15-19)24-10-3-4-11-24/h5-7,12-15H,3-4,8-11H2,1-2H3,(H,23,25). The Balaban J connectivity index is 1.54. The lowest BCUT2D eigenvalue weighted by Crippen LogP contribution is -2.28. The van der Waals surface area contributed by atoms with Gasteiger partial charge in [0.15, 0.2) is 0 Å². The number of aryl methyl sites for hydroxylation is 2. The van der Waals surface area contributed by atoms with Crippen molar-refractivity contribution < 1.29 is 4.79 Å². The molecular formula is C22H26N2O. The van der Waals surface area contributed by atoms with Crippen LogP contribution in [0.2, 0.25) is 0 Å². The number of hydrogen-bond donors (Lipinski definition) is 1. The maximum atomic E-state index is 13.0. The van der Waals surface area contributed by atoms with Crippen molar-refractivity contribution in [3.63, 3.8) is 0 Å². The summed E-state index contributed by atoms with van der Waals surface area (Å²) in [7, 11) is 0. The smallest absolute Gasteiger partial charge is 0.235 e. The van der Waals surface area contributed by atoms with Gasteiger partial charge in [0.25, 0.3) is 0 Å². The minimum absolute atomic E-state index is 0.135.